The minimum absolute atomic E-state index is 0.121. The summed E-state index contributed by atoms with van der Waals surface area (Å²) in [6, 6.07) is 8.41. The number of carbonyl (C=O) groups excluding carboxylic acids is 2. The van der Waals surface area contributed by atoms with Gasteiger partial charge in [0.2, 0.25) is 10.0 Å². The van der Waals surface area contributed by atoms with Gasteiger partial charge in [0.15, 0.2) is 0 Å². The highest BCUT2D eigenvalue weighted by atomic mass is 32.2. The number of amides is 1. The molecular weight excluding hydrogens is 428 g/mol. The molecule has 1 atom stereocenters. The summed E-state index contributed by atoms with van der Waals surface area (Å²) in [6.45, 7) is 4.32. The molecule has 1 aromatic carbocycles. The molecule has 1 aromatic heterocycles. The zero-order chi connectivity index (χ0) is 23.2. The Hall–Kier alpha value is -2.94. The topological polar surface area (TPSA) is 92.6 Å². The Morgan fingerprint density at radius 2 is 1.91 bits per heavy atom. The minimum atomic E-state index is -3.52. The van der Waals surface area contributed by atoms with E-state index in [1.165, 1.54) is 11.7 Å². The number of benzene rings is 1. The summed E-state index contributed by atoms with van der Waals surface area (Å²) in [5.41, 5.74) is 3.96. The quantitative estimate of drug-likeness (QED) is 0.705. The number of aromatic nitrogens is 2. The molecule has 3 heterocycles. The molecule has 1 saturated heterocycles. The predicted molar refractivity (Wildman–Crippen MR) is 122 cm³/mol. The molecule has 0 aliphatic carbocycles. The van der Waals surface area contributed by atoms with E-state index < -0.39 is 10.0 Å². The highest BCUT2D eigenvalue weighted by molar-refractivity contribution is 7.92. The van der Waals surface area contributed by atoms with Gasteiger partial charge < -0.3 is 4.90 Å². The fraction of sp³-hybridized carbons (Fsp3) is 0.435. The molecule has 1 fully saturated rings. The summed E-state index contributed by atoms with van der Waals surface area (Å²) in [6.07, 6.45) is 4.33. The van der Waals surface area contributed by atoms with E-state index in [1.807, 2.05) is 19.9 Å². The van der Waals surface area contributed by atoms with Gasteiger partial charge in [0.25, 0.3) is 11.8 Å². The van der Waals surface area contributed by atoms with Crippen LogP contribution < -0.4 is 4.31 Å². The Balaban J connectivity index is 1.70. The van der Waals surface area contributed by atoms with E-state index in [4.69, 9.17) is 0 Å². The molecule has 170 valence electrons. The average molecular weight is 457 g/mol. The van der Waals surface area contributed by atoms with Crippen molar-refractivity contribution >= 4 is 27.5 Å². The van der Waals surface area contributed by atoms with Crippen molar-refractivity contribution in [1.82, 2.24) is 14.7 Å². The van der Waals surface area contributed by atoms with E-state index in [1.54, 1.807) is 29.2 Å². The second kappa shape index (κ2) is 8.20. The molecule has 0 spiro atoms. The SMILES string of the molecule is CC1=C(C)C(=O)n2nc([C@@H]3CCCCN3C(=O)c3ccccc3N(C)S(C)(=O)=O)cc2C1. The fourth-order valence-electron chi connectivity index (χ4n) is 4.40. The van der Waals surface area contributed by atoms with Crippen LogP contribution in [-0.4, -0.2) is 54.8 Å². The molecule has 1 amide bonds. The number of rotatable bonds is 4. The second-order valence-corrected chi connectivity index (χ2v) is 10.6. The van der Waals surface area contributed by atoms with Gasteiger partial charge in [-0.1, -0.05) is 17.7 Å². The smallest absolute Gasteiger partial charge is 0.274 e. The number of piperidine rings is 1. The van der Waals surface area contributed by atoms with Crippen molar-refractivity contribution < 1.29 is 18.0 Å². The first-order valence-corrected chi connectivity index (χ1v) is 12.6. The van der Waals surface area contributed by atoms with Crippen molar-refractivity contribution in [2.75, 3.05) is 24.2 Å². The summed E-state index contributed by atoms with van der Waals surface area (Å²) in [7, 11) is -2.08. The van der Waals surface area contributed by atoms with Crippen LogP contribution in [0.3, 0.4) is 0 Å². The Morgan fingerprint density at radius 1 is 1.19 bits per heavy atom. The third-order valence-corrected chi connectivity index (χ3v) is 7.67. The molecule has 32 heavy (non-hydrogen) atoms. The lowest BCUT2D eigenvalue weighted by molar-refractivity contribution is 0.0606. The molecule has 0 bridgehead atoms. The maximum absolute atomic E-state index is 13.6. The van der Waals surface area contributed by atoms with Gasteiger partial charge in [-0.15, -0.1) is 0 Å². The van der Waals surface area contributed by atoms with E-state index in [2.05, 4.69) is 5.10 Å². The molecule has 9 heteroatoms. The molecule has 4 rings (SSSR count). The van der Waals surface area contributed by atoms with Gasteiger partial charge in [-0.05, 0) is 51.3 Å². The first-order chi connectivity index (χ1) is 15.1. The highest BCUT2D eigenvalue weighted by Gasteiger charge is 2.34. The molecule has 0 radical (unpaired) electrons. The van der Waals surface area contributed by atoms with Crippen molar-refractivity contribution in [3.63, 3.8) is 0 Å². The number of hydrogen-bond donors (Lipinski definition) is 0. The van der Waals surface area contributed by atoms with Gasteiger partial charge in [-0.2, -0.15) is 5.10 Å². The van der Waals surface area contributed by atoms with Gasteiger partial charge in [-0.25, -0.2) is 13.1 Å². The number of allylic oxidation sites excluding steroid dienone is 2. The van der Waals surface area contributed by atoms with Gasteiger partial charge in [0.1, 0.15) is 0 Å². The lowest BCUT2D eigenvalue weighted by Gasteiger charge is -2.35. The Kier molecular flexibility index (Phi) is 5.70. The van der Waals surface area contributed by atoms with Crippen molar-refractivity contribution in [2.24, 2.45) is 0 Å². The van der Waals surface area contributed by atoms with Crippen molar-refractivity contribution in [1.29, 1.82) is 0 Å². The lowest BCUT2D eigenvalue weighted by atomic mass is 9.96. The van der Waals surface area contributed by atoms with Crippen molar-refractivity contribution in [3.8, 4) is 0 Å². The Bertz CT molecular complexity index is 1230. The molecule has 8 nitrogen and oxygen atoms in total. The van der Waals surface area contributed by atoms with Crippen LogP contribution in [0.5, 0.6) is 0 Å². The summed E-state index contributed by atoms with van der Waals surface area (Å²) in [4.78, 5) is 28.1. The van der Waals surface area contributed by atoms with E-state index in [9.17, 15) is 18.0 Å². The molecular formula is C23H28N4O4S. The zero-order valence-electron chi connectivity index (χ0n) is 18.8. The van der Waals surface area contributed by atoms with Gasteiger partial charge >= 0.3 is 0 Å². The summed E-state index contributed by atoms with van der Waals surface area (Å²) < 4.78 is 26.8. The number of carbonyl (C=O) groups is 2. The number of anilines is 1. The standard InChI is InChI=1S/C23H28N4O4S/c1-15-13-17-14-19(24-27(17)22(28)16(15)2)21-11-7-8-12-26(21)23(29)18-9-5-6-10-20(18)25(3)32(4,30)31/h5-6,9-10,14,21H,7-8,11-13H2,1-4H3/t21-/m0/s1. The normalized spacial score (nSPS) is 19.2. The van der Waals surface area contributed by atoms with Crippen LogP contribution in [0.2, 0.25) is 0 Å². The van der Waals surface area contributed by atoms with Crippen LogP contribution in [0.25, 0.3) is 0 Å². The summed E-state index contributed by atoms with van der Waals surface area (Å²) in [5.74, 6) is -0.354. The number of sulfonamides is 1. The average Bonchev–Trinajstić information content (AvgIpc) is 3.20. The van der Waals surface area contributed by atoms with E-state index in [0.29, 0.717) is 35.5 Å². The number of likely N-dealkylation sites (tertiary alicyclic amines) is 1. The molecule has 0 saturated carbocycles. The van der Waals surface area contributed by atoms with Crippen LogP contribution in [-0.2, 0) is 16.4 Å². The third kappa shape index (κ3) is 3.85. The van der Waals surface area contributed by atoms with Crippen molar-refractivity contribution in [3.05, 3.63) is 58.4 Å². The van der Waals surface area contributed by atoms with Crippen LogP contribution in [0, 0.1) is 0 Å². The summed E-state index contributed by atoms with van der Waals surface area (Å²) >= 11 is 0. The van der Waals surface area contributed by atoms with E-state index in [0.717, 1.165) is 41.1 Å². The monoisotopic (exact) mass is 456 g/mol. The van der Waals surface area contributed by atoms with Crippen molar-refractivity contribution in [2.45, 2.75) is 45.6 Å². The molecule has 2 aromatic rings. The van der Waals surface area contributed by atoms with E-state index >= 15 is 0 Å². The first-order valence-electron chi connectivity index (χ1n) is 10.7. The first kappa shape index (κ1) is 22.3. The van der Waals surface area contributed by atoms with Crippen LogP contribution in [0.15, 0.2) is 41.5 Å². The maximum atomic E-state index is 13.6. The van der Waals surface area contributed by atoms with Crippen LogP contribution in [0.4, 0.5) is 5.69 Å². The largest absolute Gasteiger partial charge is 0.330 e. The molecule has 2 aliphatic rings. The van der Waals surface area contributed by atoms with Gasteiger partial charge in [-0.3, -0.25) is 13.9 Å². The summed E-state index contributed by atoms with van der Waals surface area (Å²) in [5, 5.41) is 4.60. The van der Waals surface area contributed by atoms with Gasteiger partial charge in [0, 0.05) is 25.6 Å². The second-order valence-electron chi connectivity index (χ2n) is 8.62. The highest BCUT2D eigenvalue weighted by Crippen LogP contribution is 2.35. The Morgan fingerprint density at radius 3 is 2.62 bits per heavy atom. The van der Waals surface area contributed by atoms with E-state index in [-0.39, 0.29) is 17.9 Å². The zero-order valence-corrected chi connectivity index (χ0v) is 19.6. The van der Waals surface area contributed by atoms with Crippen LogP contribution in [0.1, 0.15) is 65.7 Å². The fourth-order valence-corrected chi connectivity index (χ4v) is 4.91. The maximum Gasteiger partial charge on any atom is 0.274 e. The van der Waals surface area contributed by atoms with Crippen LogP contribution >= 0.6 is 0 Å². The predicted octanol–water partition coefficient (Wildman–Crippen LogP) is 3.18. The minimum Gasteiger partial charge on any atom is -0.330 e. The number of nitrogens with zero attached hydrogens (tertiary/aromatic N) is 4. The lowest BCUT2D eigenvalue weighted by Crippen LogP contribution is -2.39. The number of hydrogen-bond acceptors (Lipinski definition) is 5. The Labute approximate surface area is 188 Å². The molecule has 2 aliphatic heterocycles. The number of fused-ring (bicyclic) bond motifs is 1. The third-order valence-electron chi connectivity index (χ3n) is 6.48. The van der Waals surface area contributed by atoms with Gasteiger partial charge in [0.05, 0.1) is 34.9 Å². The number of para-hydroxylation sites is 1. The molecule has 0 N–H and O–H groups in total. The molecule has 0 unspecified atom stereocenters.